The second kappa shape index (κ2) is 9.84. The molecule has 1 N–H and O–H groups in total. The van der Waals surface area contributed by atoms with E-state index in [1.165, 1.54) is 29.0 Å². The van der Waals surface area contributed by atoms with Crippen LogP contribution in [0.5, 0.6) is 5.75 Å². The summed E-state index contributed by atoms with van der Waals surface area (Å²) in [6, 6.07) is 8.02. The van der Waals surface area contributed by atoms with Crippen molar-refractivity contribution in [3.63, 3.8) is 0 Å². The van der Waals surface area contributed by atoms with E-state index in [9.17, 15) is 31.5 Å². The smallest absolute Gasteiger partial charge is 0.416 e. The number of rotatable bonds is 7. The first-order chi connectivity index (χ1) is 18.0. The first-order valence-electron chi connectivity index (χ1n) is 11.8. The van der Waals surface area contributed by atoms with Crippen molar-refractivity contribution in [1.82, 2.24) is 14.3 Å². The van der Waals surface area contributed by atoms with Gasteiger partial charge in [0, 0.05) is 48.6 Å². The van der Waals surface area contributed by atoms with Gasteiger partial charge in [0.25, 0.3) is 10.0 Å². The Balaban J connectivity index is 1.30. The maximum atomic E-state index is 13.3. The molecular weight excluding hydrogens is 523 g/mol. The maximum Gasteiger partial charge on any atom is 0.416 e. The van der Waals surface area contributed by atoms with Crippen LogP contribution in [0, 0.1) is 0 Å². The van der Waals surface area contributed by atoms with E-state index >= 15 is 0 Å². The van der Waals surface area contributed by atoms with Crippen LogP contribution in [0.2, 0.25) is 0 Å². The second-order valence-corrected chi connectivity index (χ2v) is 10.8. The number of hydrogen-bond acceptors (Lipinski definition) is 7. The molecule has 1 aliphatic heterocycles. The Morgan fingerprint density at radius 1 is 1.13 bits per heavy atom. The number of Topliss-reactive ketones (excluding diaryl/α,β-unsaturated/α-hetero) is 1. The fourth-order valence-electron chi connectivity index (χ4n) is 4.59. The van der Waals surface area contributed by atoms with Gasteiger partial charge < -0.3 is 9.52 Å². The minimum absolute atomic E-state index is 0.0448. The van der Waals surface area contributed by atoms with E-state index in [-0.39, 0.29) is 41.5 Å². The normalized spacial score (nSPS) is 16.8. The average molecular weight is 546 g/mol. The highest BCUT2D eigenvalue weighted by molar-refractivity contribution is 7.89. The molecule has 38 heavy (non-hydrogen) atoms. The number of alkyl halides is 3. The molecule has 8 nitrogen and oxygen atoms in total. The van der Waals surface area contributed by atoms with Gasteiger partial charge in [-0.1, -0.05) is 0 Å². The Bertz CT molecular complexity index is 1580. The minimum atomic E-state index is -4.59. The molecule has 0 spiro atoms. The van der Waals surface area contributed by atoms with Crippen molar-refractivity contribution in [2.24, 2.45) is 0 Å². The van der Waals surface area contributed by atoms with Gasteiger partial charge in [0.05, 0.1) is 17.3 Å². The van der Waals surface area contributed by atoms with Crippen LogP contribution in [-0.4, -0.2) is 46.2 Å². The Morgan fingerprint density at radius 2 is 1.95 bits per heavy atom. The standard InChI is InChI=1S/C26H22F3N3O5S/c27-26(28,29)18-4-5-19(23(34)14-18)20-12-16(7-10-31-20)3-6-22(33)21-2-1-11-32(21)38(35,36)25-13-17-15-30-9-8-24(17)37-25/h4-5,7-10,12-15,21,34H,1-3,6,11H2/t21-/m0/s1. The van der Waals surface area contributed by atoms with Crippen LogP contribution >= 0.6 is 0 Å². The van der Waals surface area contributed by atoms with Crippen molar-refractivity contribution in [1.29, 1.82) is 0 Å². The van der Waals surface area contributed by atoms with Gasteiger partial charge in [-0.25, -0.2) is 8.42 Å². The van der Waals surface area contributed by atoms with Crippen molar-refractivity contribution < 1.29 is 35.9 Å². The molecule has 4 heterocycles. The van der Waals surface area contributed by atoms with E-state index in [0.29, 0.717) is 35.4 Å². The van der Waals surface area contributed by atoms with E-state index in [1.54, 1.807) is 18.2 Å². The number of benzene rings is 1. The number of aromatic hydroxyl groups is 1. The number of aryl methyl sites for hydroxylation is 1. The highest BCUT2D eigenvalue weighted by atomic mass is 32.2. The SMILES string of the molecule is O=C(CCc1ccnc(-c2ccc(C(F)(F)F)cc2O)c1)[C@@H]1CCCN1S(=O)(=O)c1cc2cnccc2o1. The topological polar surface area (TPSA) is 114 Å². The summed E-state index contributed by atoms with van der Waals surface area (Å²) >= 11 is 0. The maximum absolute atomic E-state index is 13.3. The molecule has 0 aliphatic carbocycles. The number of phenols is 1. The Hall–Kier alpha value is -3.77. The molecule has 1 aliphatic rings. The Kier molecular flexibility index (Phi) is 6.70. The zero-order chi connectivity index (χ0) is 27.1. The molecule has 12 heteroatoms. The number of hydrogen-bond donors (Lipinski definition) is 1. The predicted molar refractivity (Wildman–Crippen MR) is 131 cm³/mol. The van der Waals surface area contributed by atoms with E-state index in [2.05, 4.69) is 9.97 Å². The van der Waals surface area contributed by atoms with Gasteiger partial charge in [0.2, 0.25) is 5.09 Å². The van der Waals surface area contributed by atoms with Crippen LogP contribution in [0.4, 0.5) is 13.2 Å². The van der Waals surface area contributed by atoms with Gasteiger partial charge in [-0.15, -0.1) is 0 Å². The van der Waals surface area contributed by atoms with Crippen molar-refractivity contribution >= 4 is 26.8 Å². The van der Waals surface area contributed by atoms with Gasteiger partial charge in [0.15, 0.2) is 5.78 Å². The predicted octanol–water partition coefficient (Wildman–Crippen LogP) is 4.97. The van der Waals surface area contributed by atoms with E-state index in [1.807, 2.05) is 0 Å². The molecule has 5 rings (SSSR count). The molecule has 0 saturated carbocycles. The van der Waals surface area contributed by atoms with E-state index in [4.69, 9.17) is 4.42 Å². The Morgan fingerprint density at radius 3 is 2.68 bits per heavy atom. The fraction of sp³-hybridized carbons (Fsp3) is 0.269. The lowest BCUT2D eigenvalue weighted by Crippen LogP contribution is -2.40. The van der Waals surface area contributed by atoms with Crippen LogP contribution in [0.25, 0.3) is 22.2 Å². The van der Waals surface area contributed by atoms with Crippen LogP contribution in [-0.2, 0) is 27.4 Å². The van der Waals surface area contributed by atoms with E-state index < -0.39 is 33.6 Å². The summed E-state index contributed by atoms with van der Waals surface area (Å²) in [4.78, 5) is 21.2. The van der Waals surface area contributed by atoms with Gasteiger partial charge >= 0.3 is 6.18 Å². The highest BCUT2D eigenvalue weighted by Crippen LogP contribution is 2.36. The average Bonchev–Trinajstić information content (AvgIpc) is 3.55. The van der Waals surface area contributed by atoms with Gasteiger partial charge in [-0.3, -0.25) is 14.8 Å². The number of carbonyl (C=O) groups excluding carboxylic acids is 1. The van der Waals surface area contributed by atoms with Crippen LogP contribution in [0.15, 0.2) is 70.6 Å². The molecule has 0 radical (unpaired) electrons. The summed E-state index contributed by atoms with van der Waals surface area (Å²) in [6.45, 7) is 0.195. The largest absolute Gasteiger partial charge is 0.507 e. The lowest BCUT2D eigenvalue weighted by Gasteiger charge is -2.21. The number of phenolic OH excluding ortho intramolecular Hbond substituents is 1. The number of carbonyl (C=O) groups is 1. The van der Waals surface area contributed by atoms with Crippen LogP contribution in [0.3, 0.4) is 0 Å². The van der Waals surface area contributed by atoms with E-state index in [0.717, 1.165) is 12.1 Å². The third kappa shape index (κ3) is 5.01. The lowest BCUT2D eigenvalue weighted by atomic mass is 10.0. The van der Waals surface area contributed by atoms with Gasteiger partial charge in [0.1, 0.15) is 11.3 Å². The number of ketones is 1. The second-order valence-electron chi connectivity index (χ2n) is 9.00. The molecule has 1 aromatic carbocycles. The summed E-state index contributed by atoms with van der Waals surface area (Å²) in [5.74, 6) is -0.812. The molecule has 1 atom stereocenters. The number of furan rings is 1. The lowest BCUT2D eigenvalue weighted by molar-refractivity contribution is -0.137. The first kappa shape index (κ1) is 25.9. The third-order valence-electron chi connectivity index (χ3n) is 6.52. The molecule has 3 aromatic heterocycles. The number of fused-ring (bicyclic) bond motifs is 1. The van der Waals surface area contributed by atoms with Crippen molar-refractivity contribution in [3.8, 4) is 17.0 Å². The summed E-state index contributed by atoms with van der Waals surface area (Å²) in [7, 11) is -4.04. The molecule has 0 amide bonds. The molecule has 1 saturated heterocycles. The molecule has 198 valence electrons. The number of sulfonamides is 1. The van der Waals surface area contributed by atoms with Crippen molar-refractivity contribution in [2.45, 2.75) is 43.0 Å². The fourth-order valence-corrected chi connectivity index (χ4v) is 6.22. The summed E-state index contributed by atoms with van der Waals surface area (Å²) in [6.07, 6.45) is 1.07. The number of nitrogens with zero attached hydrogens (tertiary/aromatic N) is 3. The summed E-state index contributed by atoms with van der Waals surface area (Å²) in [5.41, 5.74) is 0.454. The third-order valence-corrected chi connectivity index (χ3v) is 8.28. The number of pyridine rings is 2. The minimum Gasteiger partial charge on any atom is -0.507 e. The van der Waals surface area contributed by atoms with Crippen molar-refractivity contribution in [3.05, 3.63) is 72.2 Å². The first-order valence-corrected chi connectivity index (χ1v) is 13.2. The molecule has 4 aromatic rings. The monoisotopic (exact) mass is 545 g/mol. The number of aromatic nitrogens is 2. The highest BCUT2D eigenvalue weighted by Gasteiger charge is 2.40. The summed E-state index contributed by atoms with van der Waals surface area (Å²) in [5, 5.41) is 10.4. The molecular formula is C26H22F3N3O5S. The zero-order valence-corrected chi connectivity index (χ0v) is 20.7. The summed E-state index contributed by atoms with van der Waals surface area (Å²) < 4.78 is 72.0. The molecule has 0 unspecified atom stereocenters. The van der Waals surface area contributed by atoms with Crippen molar-refractivity contribution in [2.75, 3.05) is 6.54 Å². The zero-order valence-electron chi connectivity index (χ0n) is 19.9. The van der Waals surface area contributed by atoms with Gasteiger partial charge in [-0.2, -0.15) is 17.5 Å². The Labute approximate surface area is 215 Å². The molecule has 0 bridgehead atoms. The van der Waals surface area contributed by atoms with Crippen LogP contribution in [0.1, 0.15) is 30.4 Å². The van der Waals surface area contributed by atoms with Crippen LogP contribution < -0.4 is 0 Å². The number of halogens is 3. The molecule has 1 fully saturated rings. The quantitative estimate of drug-likeness (QED) is 0.349. The van der Waals surface area contributed by atoms with Gasteiger partial charge in [-0.05, 0) is 61.2 Å².